The van der Waals surface area contributed by atoms with Crippen molar-refractivity contribution >= 4 is 39.3 Å². The number of nitrogens with one attached hydrogen (secondary N) is 1. The van der Waals surface area contributed by atoms with E-state index in [0.29, 0.717) is 6.42 Å². The summed E-state index contributed by atoms with van der Waals surface area (Å²) in [6.45, 7) is 0. The molecule has 0 spiro atoms. The van der Waals surface area contributed by atoms with Crippen molar-refractivity contribution < 1.29 is 9.53 Å². The third-order valence-corrected chi connectivity index (χ3v) is 4.40. The molecule has 1 heterocycles. The smallest absolute Gasteiger partial charge is 0.170 e. The Morgan fingerprint density at radius 1 is 1.27 bits per heavy atom. The fraction of sp³-hybridized carbons (Fsp3) is 0.176. The van der Waals surface area contributed by atoms with E-state index in [9.17, 15) is 4.79 Å². The Morgan fingerprint density at radius 2 is 2.05 bits per heavy atom. The number of nitrogens with zero attached hydrogens (tertiary/aromatic N) is 1. The first-order valence-electron chi connectivity index (χ1n) is 6.92. The summed E-state index contributed by atoms with van der Waals surface area (Å²) in [6, 6.07) is 15.5. The molecule has 3 rings (SSSR count). The topological polar surface area (TPSA) is 55.0 Å². The van der Waals surface area contributed by atoms with Gasteiger partial charge in [0, 0.05) is 18.9 Å². The summed E-state index contributed by atoms with van der Waals surface area (Å²) in [4.78, 5) is 12.6. The molecule has 1 atom stereocenters. The highest BCUT2D eigenvalue weighted by Gasteiger charge is 2.20. The molecule has 22 heavy (non-hydrogen) atoms. The molecule has 0 unspecified atom stereocenters. The molecule has 4 nitrogen and oxygen atoms in total. The largest absolute Gasteiger partial charge is 0.369 e. The molecule has 2 aromatic carbocycles. The van der Waals surface area contributed by atoms with Crippen molar-refractivity contribution in [1.29, 1.82) is 0 Å². The summed E-state index contributed by atoms with van der Waals surface area (Å²) < 4.78 is 6.38. The standard InChI is InChI=1S/C17H15IN2O2/c1-22-16(12-5-3-2-4-6-12)15(21)10-11-7-8-14-13(9-11)17(18)20-19-14/h2-9,16H,10H2,1H3,(H,19,20)/t16-/m1/s1. The molecule has 0 saturated carbocycles. The van der Waals surface area contributed by atoms with E-state index in [-0.39, 0.29) is 5.78 Å². The van der Waals surface area contributed by atoms with Gasteiger partial charge in [0.1, 0.15) is 9.80 Å². The Hall–Kier alpha value is -1.73. The fourth-order valence-electron chi connectivity index (χ4n) is 2.51. The predicted molar refractivity (Wildman–Crippen MR) is 93.7 cm³/mol. The maximum absolute atomic E-state index is 12.6. The van der Waals surface area contributed by atoms with Crippen LogP contribution >= 0.6 is 22.6 Å². The SMILES string of the molecule is CO[C@@H](C(=O)Cc1ccc2n[nH]c(I)c2c1)c1ccccc1. The van der Waals surface area contributed by atoms with E-state index in [1.165, 1.54) is 0 Å². The van der Waals surface area contributed by atoms with Gasteiger partial charge in [-0.1, -0.05) is 36.4 Å². The molecule has 3 aromatic rings. The molecule has 112 valence electrons. The first kappa shape index (κ1) is 15.2. The number of aromatic nitrogens is 2. The van der Waals surface area contributed by atoms with Gasteiger partial charge in [-0.3, -0.25) is 9.89 Å². The van der Waals surface area contributed by atoms with Crippen molar-refractivity contribution in [2.75, 3.05) is 7.11 Å². The van der Waals surface area contributed by atoms with Crippen LogP contribution in [-0.4, -0.2) is 23.1 Å². The fourth-order valence-corrected chi connectivity index (χ4v) is 3.06. The Balaban J connectivity index is 1.83. The summed E-state index contributed by atoms with van der Waals surface area (Å²) in [6.07, 6.45) is -0.190. The third kappa shape index (κ3) is 3.05. The number of rotatable bonds is 5. The second kappa shape index (κ2) is 6.58. The van der Waals surface area contributed by atoms with Crippen LogP contribution in [0.5, 0.6) is 0 Å². The second-order valence-corrected chi connectivity index (χ2v) is 6.14. The number of hydrogen-bond donors (Lipinski definition) is 1. The lowest BCUT2D eigenvalue weighted by molar-refractivity contribution is -0.128. The van der Waals surface area contributed by atoms with E-state index in [0.717, 1.165) is 25.7 Å². The van der Waals surface area contributed by atoms with Gasteiger partial charge in [-0.05, 0) is 45.9 Å². The summed E-state index contributed by atoms with van der Waals surface area (Å²) in [5, 5.41) is 8.18. The molecule has 0 saturated heterocycles. The molecule has 1 aromatic heterocycles. The number of halogens is 1. The first-order chi connectivity index (χ1) is 10.7. The third-order valence-electron chi connectivity index (χ3n) is 3.58. The number of fused-ring (bicyclic) bond motifs is 1. The number of carbonyl (C=O) groups excluding carboxylic acids is 1. The van der Waals surface area contributed by atoms with Crippen LogP contribution in [0.25, 0.3) is 10.9 Å². The lowest BCUT2D eigenvalue weighted by Gasteiger charge is -2.14. The summed E-state index contributed by atoms with van der Waals surface area (Å²) in [7, 11) is 1.57. The van der Waals surface area contributed by atoms with Gasteiger partial charge in [-0.15, -0.1) is 0 Å². The van der Waals surface area contributed by atoms with E-state index in [1.807, 2.05) is 48.5 Å². The van der Waals surface area contributed by atoms with Crippen molar-refractivity contribution in [2.24, 2.45) is 0 Å². The molecule has 0 fully saturated rings. The lowest BCUT2D eigenvalue weighted by Crippen LogP contribution is -2.16. The highest BCUT2D eigenvalue weighted by molar-refractivity contribution is 14.1. The number of aromatic amines is 1. The number of carbonyl (C=O) groups is 1. The van der Waals surface area contributed by atoms with Crippen molar-refractivity contribution in [1.82, 2.24) is 10.2 Å². The minimum Gasteiger partial charge on any atom is -0.369 e. The number of H-pyrrole nitrogens is 1. The van der Waals surface area contributed by atoms with Gasteiger partial charge in [0.25, 0.3) is 0 Å². The zero-order valence-corrected chi connectivity index (χ0v) is 14.2. The minimum atomic E-state index is -0.527. The predicted octanol–water partition coefficient (Wildman–Crippen LogP) is 3.67. The van der Waals surface area contributed by atoms with Crippen LogP contribution in [0.15, 0.2) is 48.5 Å². The molecular formula is C17H15IN2O2. The highest BCUT2D eigenvalue weighted by Crippen LogP contribution is 2.23. The number of Topliss-reactive ketones (excluding diaryl/α,β-unsaturated/α-hetero) is 1. The number of ketones is 1. The van der Waals surface area contributed by atoms with Gasteiger partial charge in [0.15, 0.2) is 5.78 Å². The normalized spacial score (nSPS) is 12.5. The molecule has 0 aliphatic rings. The first-order valence-corrected chi connectivity index (χ1v) is 8.00. The highest BCUT2D eigenvalue weighted by atomic mass is 127. The average molecular weight is 406 g/mol. The molecule has 0 amide bonds. The van der Waals surface area contributed by atoms with Crippen LogP contribution in [0.3, 0.4) is 0 Å². The summed E-state index contributed by atoms with van der Waals surface area (Å²) in [5.74, 6) is 0.0477. The Bertz CT molecular complexity index is 799. The Labute approximate surface area is 142 Å². The van der Waals surface area contributed by atoms with Crippen molar-refractivity contribution in [3.63, 3.8) is 0 Å². The summed E-state index contributed by atoms with van der Waals surface area (Å²) in [5.41, 5.74) is 2.76. The van der Waals surface area contributed by atoms with Crippen LogP contribution in [-0.2, 0) is 16.0 Å². The number of methoxy groups -OCH3 is 1. The number of hydrogen-bond acceptors (Lipinski definition) is 3. The van der Waals surface area contributed by atoms with Gasteiger partial charge in [-0.2, -0.15) is 5.10 Å². The minimum absolute atomic E-state index is 0.0477. The zero-order valence-electron chi connectivity index (χ0n) is 12.0. The summed E-state index contributed by atoms with van der Waals surface area (Å²) >= 11 is 2.21. The number of ether oxygens (including phenoxy) is 1. The van der Waals surface area contributed by atoms with Crippen molar-refractivity contribution in [3.05, 3.63) is 63.4 Å². The van der Waals surface area contributed by atoms with Gasteiger partial charge in [0.05, 0.1) is 5.52 Å². The molecule has 0 radical (unpaired) electrons. The Morgan fingerprint density at radius 3 is 2.77 bits per heavy atom. The molecular weight excluding hydrogens is 391 g/mol. The zero-order chi connectivity index (χ0) is 15.5. The maximum atomic E-state index is 12.6. The van der Waals surface area contributed by atoms with Gasteiger partial charge in [0.2, 0.25) is 0 Å². The quantitative estimate of drug-likeness (QED) is 0.658. The number of benzene rings is 2. The van der Waals surface area contributed by atoms with E-state index in [4.69, 9.17) is 4.74 Å². The van der Waals surface area contributed by atoms with Crippen LogP contribution in [0.4, 0.5) is 0 Å². The van der Waals surface area contributed by atoms with Crippen LogP contribution in [0, 0.1) is 3.70 Å². The molecule has 5 heteroatoms. The van der Waals surface area contributed by atoms with Crippen molar-refractivity contribution in [2.45, 2.75) is 12.5 Å². The van der Waals surface area contributed by atoms with E-state index >= 15 is 0 Å². The molecule has 0 bridgehead atoms. The van der Waals surface area contributed by atoms with Gasteiger partial charge >= 0.3 is 0 Å². The second-order valence-electron chi connectivity index (χ2n) is 5.06. The van der Waals surface area contributed by atoms with Crippen LogP contribution < -0.4 is 0 Å². The van der Waals surface area contributed by atoms with Crippen LogP contribution in [0.2, 0.25) is 0 Å². The molecule has 1 N–H and O–H groups in total. The van der Waals surface area contributed by atoms with Crippen molar-refractivity contribution in [3.8, 4) is 0 Å². The van der Waals surface area contributed by atoms with E-state index < -0.39 is 6.10 Å². The Kier molecular flexibility index (Phi) is 4.54. The molecule has 0 aliphatic carbocycles. The van der Waals surface area contributed by atoms with E-state index in [2.05, 4.69) is 32.8 Å². The average Bonchev–Trinajstić information content (AvgIpc) is 2.90. The lowest BCUT2D eigenvalue weighted by atomic mass is 9.99. The van der Waals surface area contributed by atoms with Gasteiger partial charge < -0.3 is 4.74 Å². The van der Waals surface area contributed by atoms with Gasteiger partial charge in [-0.25, -0.2) is 0 Å². The van der Waals surface area contributed by atoms with Crippen LogP contribution in [0.1, 0.15) is 17.2 Å². The molecule has 0 aliphatic heterocycles. The van der Waals surface area contributed by atoms with E-state index in [1.54, 1.807) is 7.11 Å². The maximum Gasteiger partial charge on any atom is 0.170 e. The monoisotopic (exact) mass is 406 g/mol.